The first-order valence-corrected chi connectivity index (χ1v) is 11.9. The number of hydrogen-bond donors (Lipinski definition) is 0. The number of thiocarbonyl (C=S) groups is 1. The number of hydrogen-bond acceptors (Lipinski definition) is 1. The number of anilines is 2. The van der Waals surface area contributed by atoms with Crippen molar-refractivity contribution in [3.63, 3.8) is 0 Å². The lowest BCUT2D eigenvalue weighted by Crippen LogP contribution is -2.41. The molecule has 0 saturated carbocycles. The minimum absolute atomic E-state index is 0.816. The second kappa shape index (κ2) is 11.7. The van der Waals surface area contributed by atoms with Crippen molar-refractivity contribution in [2.75, 3.05) is 11.4 Å². The Hall–Kier alpha value is -2.65. The van der Waals surface area contributed by atoms with Crippen molar-refractivity contribution in [2.45, 2.75) is 53.0 Å². The van der Waals surface area contributed by atoms with E-state index >= 15 is 0 Å². The van der Waals surface area contributed by atoms with Gasteiger partial charge in [-0.15, -0.1) is 0 Å². The fourth-order valence-corrected chi connectivity index (χ4v) is 4.03. The van der Waals surface area contributed by atoms with Crippen LogP contribution in [0.15, 0.2) is 78.9 Å². The smallest absolute Gasteiger partial charge is 0.181 e. The van der Waals surface area contributed by atoms with E-state index in [9.17, 15) is 0 Å². The van der Waals surface area contributed by atoms with Gasteiger partial charge in [0.2, 0.25) is 0 Å². The molecule has 0 saturated heterocycles. The Morgan fingerprint density at radius 2 is 1.19 bits per heavy atom. The quantitative estimate of drug-likeness (QED) is 0.324. The summed E-state index contributed by atoms with van der Waals surface area (Å²) in [4.78, 5) is 4.57. The molecule has 3 rings (SSSR count). The van der Waals surface area contributed by atoms with E-state index in [0.29, 0.717) is 0 Å². The van der Waals surface area contributed by atoms with Crippen molar-refractivity contribution >= 4 is 28.7 Å². The van der Waals surface area contributed by atoms with Crippen molar-refractivity contribution < 1.29 is 0 Å². The lowest BCUT2D eigenvalue weighted by atomic mass is 10.1. The van der Waals surface area contributed by atoms with E-state index in [1.54, 1.807) is 0 Å². The fraction of sp³-hybridized carbons (Fsp3) is 0.321. The Labute approximate surface area is 193 Å². The molecule has 0 bridgehead atoms. The third-order valence-electron chi connectivity index (χ3n) is 5.67. The molecule has 31 heavy (non-hydrogen) atoms. The van der Waals surface area contributed by atoms with Gasteiger partial charge in [0.25, 0.3) is 0 Å². The second-order valence-corrected chi connectivity index (χ2v) is 8.28. The lowest BCUT2D eigenvalue weighted by Gasteiger charge is -2.34. The van der Waals surface area contributed by atoms with Crippen LogP contribution in [-0.2, 0) is 19.4 Å². The Bertz CT molecular complexity index is 886. The third kappa shape index (κ3) is 6.18. The van der Waals surface area contributed by atoms with Gasteiger partial charge in [-0.2, -0.15) is 0 Å². The predicted molar refractivity (Wildman–Crippen MR) is 138 cm³/mol. The molecule has 3 heteroatoms. The summed E-state index contributed by atoms with van der Waals surface area (Å²) >= 11 is 6.15. The first kappa shape index (κ1) is 23.0. The van der Waals surface area contributed by atoms with E-state index in [-0.39, 0.29) is 0 Å². The van der Waals surface area contributed by atoms with Crippen LogP contribution in [0.4, 0.5) is 11.4 Å². The van der Waals surface area contributed by atoms with E-state index in [0.717, 1.165) is 55.3 Å². The molecule has 0 radical (unpaired) electrons. The van der Waals surface area contributed by atoms with Crippen LogP contribution in [0.25, 0.3) is 0 Å². The van der Waals surface area contributed by atoms with Gasteiger partial charge >= 0.3 is 0 Å². The molecule has 162 valence electrons. The Morgan fingerprint density at radius 3 is 1.65 bits per heavy atom. The largest absolute Gasteiger partial charge is 0.344 e. The van der Waals surface area contributed by atoms with Gasteiger partial charge in [0, 0.05) is 24.5 Å². The van der Waals surface area contributed by atoms with Crippen molar-refractivity contribution in [3.8, 4) is 0 Å². The average molecular weight is 431 g/mol. The highest BCUT2D eigenvalue weighted by Gasteiger charge is 2.20. The summed E-state index contributed by atoms with van der Waals surface area (Å²) in [6, 6.07) is 28.2. The predicted octanol–water partition coefficient (Wildman–Crippen LogP) is 7.54. The van der Waals surface area contributed by atoms with Crippen molar-refractivity contribution in [3.05, 3.63) is 95.6 Å². The second-order valence-electron chi connectivity index (χ2n) is 7.92. The van der Waals surface area contributed by atoms with Crippen LogP contribution in [0.2, 0.25) is 0 Å². The lowest BCUT2D eigenvalue weighted by molar-refractivity contribution is 0.404. The van der Waals surface area contributed by atoms with Crippen LogP contribution in [0.3, 0.4) is 0 Å². The van der Waals surface area contributed by atoms with Gasteiger partial charge in [0.05, 0.1) is 0 Å². The average Bonchev–Trinajstić information content (AvgIpc) is 2.83. The number of unbranched alkanes of at least 4 members (excludes halogenated alkanes) is 1. The Kier molecular flexibility index (Phi) is 8.66. The molecule has 0 aliphatic heterocycles. The maximum absolute atomic E-state index is 6.15. The number of aryl methyl sites for hydroxylation is 2. The summed E-state index contributed by atoms with van der Waals surface area (Å²) in [5.41, 5.74) is 6.18. The standard InChI is InChI=1S/C28H34N2S/c1-4-7-21-29(22-25-11-9-8-10-12-25)28(31)30(26-17-13-23(5-2)14-18-26)27-19-15-24(6-3)16-20-27/h8-20H,4-7,21-22H2,1-3H3. The molecule has 0 aromatic heterocycles. The number of rotatable bonds is 9. The molecular weight excluding hydrogens is 396 g/mol. The highest BCUT2D eigenvalue weighted by Crippen LogP contribution is 2.29. The van der Waals surface area contributed by atoms with Crippen LogP contribution in [0, 0.1) is 0 Å². The molecule has 0 amide bonds. The van der Waals surface area contributed by atoms with E-state index < -0.39 is 0 Å². The summed E-state index contributed by atoms with van der Waals surface area (Å²) in [7, 11) is 0. The van der Waals surface area contributed by atoms with Crippen molar-refractivity contribution in [1.82, 2.24) is 4.90 Å². The molecule has 0 aliphatic carbocycles. The molecular formula is C28H34N2S. The Morgan fingerprint density at radius 1 is 0.677 bits per heavy atom. The molecule has 0 fully saturated rings. The van der Waals surface area contributed by atoms with E-state index in [1.807, 2.05) is 0 Å². The summed E-state index contributed by atoms with van der Waals surface area (Å²) in [6.45, 7) is 8.37. The zero-order valence-corrected chi connectivity index (χ0v) is 19.9. The van der Waals surface area contributed by atoms with Crippen LogP contribution in [-0.4, -0.2) is 16.6 Å². The third-order valence-corrected chi connectivity index (χ3v) is 6.11. The normalized spacial score (nSPS) is 10.7. The zero-order chi connectivity index (χ0) is 22.1. The van der Waals surface area contributed by atoms with Crippen LogP contribution < -0.4 is 4.90 Å². The molecule has 0 N–H and O–H groups in total. The maximum Gasteiger partial charge on any atom is 0.181 e. The van der Waals surface area contributed by atoms with Crippen LogP contribution in [0.5, 0.6) is 0 Å². The van der Waals surface area contributed by atoms with Crippen molar-refractivity contribution in [2.24, 2.45) is 0 Å². The molecule has 3 aromatic rings. The highest BCUT2D eigenvalue weighted by atomic mass is 32.1. The molecule has 0 unspecified atom stereocenters. The fourth-order valence-electron chi connectivity index (χ4n) is 3.67. The van der Waals surface area contributed by atoms with E-state index in [1.165, 1.54) is 16.7 Å². The SMILES string of the molecule is CCCCN(Cc1ccccc1)C(=S)N(c1ccc(CC)cc1)c1ccc(CC)cc1. The van der Waals surface area contributed by atoms with Gasteiger partial charge in [-0.3, -0.25) is 4.90 Å². The van der Waals surface area contributed by atoms with Gasteiger partial charge in [0.1, 0.15) is 0 Å². The first-order valence-electron chi connectivity index (χ1n) is 11.5. The molecule has 3 aromatic carbocycles. The van der Waals surface area contributed by atoms with Gasteiger partial charge in [-0.05, 0) is 72.4 Å². The van der Waals surface area contributed by atoms with Gasteiger partial charge < -0.3 is 4.90 Å². The number of benzene rings is 3. The van der Waals surface area contributed by atoms with Crippen molar-refractivity contribution in [1.29, 1.82) is 0 Å². The van der Waals surface area contributed by atoms with Crippen LogP contribution in [0.1, 0.15) is 50.3 Å². The van der Waals surface area contributed by atoms with E-state index in [4.69, 9.17) is 12.2 Å². The summed E-state index contributed by atoms with van der Waals surface area (Å²) in [6.07, 6.45) is 4.33. The monoisotopic (exact) mass is 430 g/mol. The van der Waals surface area contributed by atoms with Gasteiger partial charge in [-0.25, -0.2) is 0 Å². The molecule has 0 aliphatic rings. The zero-order valence-electron chi connectivity index (χ0n) is 19.1. The van der Waals surface area contributed by atoms with Crippen LogP contribution >= 0.6 is 12.2 Å². The number of nitrogens with zero attached hydrogens (tertiary/aromatic N) is 2. The van der Waals surface area contributed by atoms with Gasteiger partial charge in [0.15, 0.2) is 5.11 Å². The summed E-state index contributed by atoms with van der Waals surface area (Å²) in [5, 5.41) is 0.853. The highest BCUT2D eigenvalue weighted by molar-refractivity contribution is 7.80. The molecule has 2 nitrogen and oxygen atoms in total. The molecule has 0 spiro atoms. The Balaban J connectivity index is 1.98. The summed E-state index contributed by atoms with van der Waals surface area (Å²) < 4.78 is 0. The van der Waals surface area contributed by atoms with E-state index in [2.05, 4.69) is 109 Å². The molecule has 0 heterocycles. The molecule has 0 atom stereocenters. The minimum Gasteiger partial charge on any atom is -0.344 e. The first-order chi connectivity index (χ1) is 15.2. The minimum atomic E-state index is 0.816. The summed E-state index contributed by atoms with van der Waals surface area (Å²) in [5.74, 6) is 0. The van der Waals surface area contributed by atoms with Gasteiger partial charge in [-0.1, -0.05) is 81.8 Å². The maximum atomic E-state index is 6.15. The topological polar surface area (TPSA) is 6.48 Å².